The van der Waals surface area contributed by atoms with Gasteiger partial charge >= 0.3 is 17.9 Å². The molecule has 0 spiro atoms. The van der Waals surface area contributed by atoms with E-state index >= 15 is 0 Å². The number of aliphatic carboxylic acids is 3. The summed E-state index contributed by atoms with van der Waals surface area (Å²) in [6.07, 6.45) is -23.9. The first-order chi connectivity index (χ1) is 37.3. The van der Waals surface area contributed by atoms with Crippen LogP contribution in [-0.4, -0.2) is 250 Å². The van der Waals surface area contributed by atoms with Gasteiger partial charge in [-0.05, 0) is 81.6 Å². The molecule has 3 fully saturated rings. The first kappa shape index (κ1) is 68.1. The van der Waals surface area contributed by atoms with Gasteiger partial charge < -0.3 is 116 Å². The number of carbonyl (C=O) groups excluding carboxylic acids is 2. The lowest BCUT2D eigenvalue weighted by Gasteiger charge is -2.47. The Kier molecular flexibility index (Phi) is 26.6. The van der Waals surface area contributed by atoms with Crippen LogP contribution in [0, 0.1) is 35.5 Å². The molecule has 28 nitrogen and oxygen atoms in total. The van der Waals surface area contributed by atoms with Crippen LogP contribution in [0.2, 0.25) is 0 Å². The number of nitrogens with one attached hydrogen (secondary N) is 3. The van der Waals surface area contributed by atoms with Gasteiger partial charge in [-0.2, -0.15) is 0 Å². The van der Waals surface area contributed by atoms with E-state index in [1.54, 1.807) is 0 Å². The molecule has 3 aliphatic heterocycles. The van der Waals surface area contributed by atoms with E-state index in [2.05, 4.69) is 16.0 Å². The third kappa shape index (κ3) is 17.8. The molecule has 3 heterocycles. The summed E-state index contributed by atoms with van der Waals surface area (Å²) in [4.78, 5) is 63.7. The molecule has 2 amide bonds. The number of aliphatic hydroxyl groups excluding tert-OH is 11. The zero-order valence-electron chi connectivity index (χ0n) is 47.3. The first-order valence-electron chi connectivity index (χ1n) is 27.5. The van der Waals surface area contributed by atoms with E-state index in [0.717, 1.165) is 13.8 Å². The molecule has 3 aliphatic rings. The van der Waals surface area contributed by atoms with Crippen LogP contribution < -0.4 is 16.0 Å². The van der Waals surface area contributed by atoms with E-state index in [0.29, 0.717) is 6.42 Å². The van der Waals surface area contributed by atoms with Gasteiger partial charge in [0.2, 0.25) is 11.8 Å². The standard InChI is InChI=1S/C51H91N3O25/c1-23(2)36(24(3)4)25(5)17-30(11-10-14-74-49(46(68)69)19-32(61)38(53-27(7)58)44(78-49)41(66)34(63)21-55)29(12-15-75-50(47(70)71)18-31(60)37(52-9)43(77-50)40(65)26(6)57)13-16-76-51(48(72)73)20-33(62)39(54-28(8)59)45(79-51)42(67)35(64)22-56/h23-26,29-45,52,55-57,60-67H,10-22H2,1-9H3,(H,53,58)(H,54,59)(H,68,69)(H,70,71)(H,72,73)/i6D. The zero-order chi connectivity index (χ0) is 60.8. The molecule has 0 aromatic carbocycles. The quantitative estimate of drug-likeness (QED) is 0.0282. The van der Waals surface area contributed by atoms with Crippen molar-refractivity contribution < 1.29 is 125 Å². The lowest BCUT2D eigenvalue weighted by atomic mass is 9.70. The Labute approximate surface area is 461 Å². The SMILES string of the molecule is [2H]CC(O)C(O)C1OC(OCCC(CCOC2(C(=O)O)CC(O)C(NC(C)=O)C(C(O)C(O)CO)O2)C(CCCOC2(C(=O)O)CC(O)C(NC(C)=O)C(C(O)C(O)CO)O2)CC(C)C(C(C)C)C(C)C)(C(=O)O)CC(O)C1NC. The Morgan fingerprint density at radius 1 is 0.582 bits per heavy atom. The molecule has 28 heteroatoms. The lowest BCUT2D eigenvalue weighted by molar-refractivity contribution is -0.313. The molecular formula is C51H91N3O25. The topological polar surface area (TPSA) is 460 Å². The number of likely N-dealkylation sites (N-methyl/N-ethyl adjacent to an activating group) is 1. The van der Waals surface area contributed by atoms with E-state index in [1.807, 2.05) is 34.6 Å². The maximum absolute atomic E-state index is 13.2. The lowest BCUT2D eigenvalue weighted by Crippen LogP contribution is -2.68. The molecule has 21 atom stereocenters. The Hall–Kier alpha value is -3.37. The number of carboxylic acids is 3. The smallest absolute Gasteiger partial charge is 0.364 e. The highest BCUT2D eigenvalue weighted by atomic mass is 16.7. The molecule has 79 heavy (non-hydrogen) atoms. The van der Waals surface area contributed by atoms with Crippen LogP contribution in [0.5, 0.6) is 0 Å². The third-order valence-corrected chi connectivity index (χ3v) is 15.6. The highest BCUT2D eigenvalue weighted by Crippen LogP contribution is 2.41. The van der Waals surface area contributed by atoms with Crippen LogP contribution in [0.15, 0.2) is 0 Å². The van der Waals surface area contributed by atoms with Crippen LogP contribution in [0.4, 0.5) is 0 Å². The number of aliphatic hydroxyl groups is 11. The summed E-state index contributed by atoms with van der Waals surface area (Å²) in [5, 5.41) is 157. The summed E-state index contributed by atoms with van der Waals surface area (Å²) in [6.45, 7) is 8.21. The van der Waals surface area contributed by atoms with Crippen molar-refractivity contribution in [3.63, 3.8) is 0 Å². The van der Waals surface area contributed by atoms with Gasteiger partial charge in [0.15, 0.2) is 0 Å². The van der Waals surface area contributed by atoms with Crippen molar-refractivity contribution >= 4 is 29.7 Å². The third-order valence-electron chi connectivity index (χ3n) is 15.6. The van der Waals surface area contributed by atoms with Crippen molar-refractivity contribution in [3.05, 3.63) is 0 Å². The molecule has 0 bridgehead atoms. The number of rotatable bonds is 33. The van der Waals surface area contributed by atoms with E-state index in [-0.39, 0.29) is 49.4 Å². The highest BCUT2D eigenvalue weighted by Gasteiger charge is 2.58. The fraction of sp³-hybridized carbons (Fsp3) is 0.902. The number of carbonyl (C=O) groups is 5. The normalized spacial score (nSPS) is 33.2. The summed E-state index contributed by atoms with van der Waals surface area (Å²) in [5.41, 5.74) is 0. The van der Waals surface area contributed by atoms with Crippen molar-refractivity contribution in [2.24, 2.45) is 35.5 Å². The van der Waals surface area contributed by atoms with Crippen LogP contribution >= 0.6 is 0 Å². The molecule has 0 aromatic rings. The van der Waals surface area contributed by atoms with E-state index < -0.39 is 209 Å². The molecular weight excluding hydrogens is 1050 g/mol. The van der Waals surface area contributed by atoms with Crippen LogP contribution in [-0.2, 0) is 52.4 Å². The van der Waals surface area contributed by atoms with Gasteiger partial charge in [-0.15, -0.1) is 0 Å². The van der Waals surface area contributed by atoms with Gasteiger partial charge in [-0.3, -0.25) is 9.59 Å². The summed E-state index contributed by atoms with van der Waals surface area (Å²) in [5.74, 6) is -15.7. The second-order valence-electron chi connectivity index (χ2n) is 22.1. The van der Waals surface area contributed by atoms with Gasteiger partial charge in [0.05, 0.1) is 75.6 Å². The van der Waals surface area contributed by atoms with Crippen molar-refractivity contribution in [2.45, 2.75) is 215 Å². The predicted octanol–water partition coefficient (Wildman–Crippen LogP) is -3.66. The highest BCUT2D eigenvalue weighted by molar-refractivity contribution is 5.77. The van der Waals surface area contributed by atoms with E-state index in [4.69, 9.17) is 29.8 Å². The Bertz CT molecular complexity index is 1960. The van der Waals surface area contributed by atoms with Crippen LogP contribution in [0.25, 0.3) is 0 Å². The Balaban J connectivity index is 2.15. The monoisotopic (exact) mass is 1150 g/mol. The predicted molar refractivity (Wildman–Crippen MR) is 272 cm³/mol. The maximum atomic E-state index is 13.2. The van der Waals surface area contributed by atoms with Gasteiger partial charge in [-0.25, -0.2) is 14.4 Å². The number of amides is 2. The Morgan fingerprint density at radius 2 is 0.949 bits per heavy atom. The second-order valence-corrected chi connectivity index (χ2v) is 22.1. The Morgan fingerprint density at radius 3 is 1.28 bits per heavy atom. The molecule has 21 unspecified atom stereocenters. The molecule has 460 valence electrons. The number of hydrogen-bond donors (Lipinski definition) is 17. The summed E-state index contributed by atoms with van der Waals surface area (Å²) >= 11 is 0. The fourth-order valence-corrected chi connectivity index (χ4v) is 11.9. The number of hydrogen-bond acceptors (Lipinski definition) is 23. The molecule has 0 radical (unpaired) electrons. The molecule has 3 saturated heterocycles. The molecule has 0 saturated carbocycles. The van der Waals surface area contributed by atoms with Crippen LogP contribution in [0.1, 0.15) is 108 Å². The van der Waals surface area contributed by atoms with E-state index in [1.165, 1.54) is 7.05 Å². The number of ether oxygens (including phenoxy) is 6. The summed E-state index contributed by atoms with van der Waals surface area (Å²) in [6, 6.07) is -4.10. The summed E-state index contributed by atoms with van der Waals surface area (Å²) in [7, 11) is 1.40. The molecule has 0 aromatic heterocycles. The molecule has 3 rings (SSSR count). The molecule has 17 N–H and O–H groups in total. The largest absolute Gasteiger partial charge is 0.477 e. The van der Waals surface area contributed by atoms with Crippen molar-refractivity contribution in [1.82, 2.24) is 16.0 Å². The van der Waals surface area contributed by atoms with Crippen molar-refractivity contribution in [2.75, 3.05) is 40.1 Å². The average molecular weight is 1150 g/mol. The van der Waals surface area contributed by atoms with Gasteiger partial charge in [0, 0.05) is 34.5 Å². The molecule has 0 aliphatic carbocycles. The van der Waals surface area contributed by atoms with Crippen LogP contribution in [0.3, 0.4) is 0 Å². The zero-order valence-corrected chi connectivity index (χ0v) is 46.3. The van der Waals surface area contributed by atoms with Crippen molar-refractivity contribution in [3.8, 4) is 0 Å². The van der Waals surface area contributed by atoms with Gasteiger partial charge in [0.25, 0.3) is 17.4 Å². The maximum Gasteiger partial charge on any atom is 0.364 e. The second kappa shape index (κ2) is 30.8. The van der Waals surface area contributed by atoms with Gasteiger partial charge in [0.1, 0.15) is 48.8 Å². The van der Waals surface area contributed by atoms with E-state index in [9.17, 15) is 95.5 Å². The minimum Gasteiger partial charge on any atom is -0.477 e. The summed E-state index contributed by atoms with van der Waals surface area (Å²) < 4.78 is 43.3. The first-order valence-corrected chi connectivity index (χ1v) is 26.8. The number of carboxylic acid groups (broad SMARTS) is 3. The average Bonchev–Trinajstić information content (AvgIpc) is 3.38. The van der Waals surface area contributed by atoms with Gasteiger partial charge in [-0.1, -0.05) is 34.6 Å². The fourth-order valence-electron chi connectivity index (χ4n) is 11.9. The van der Waals surface area contributed by atoms with Crippen molar-refractivity contribution in [1.29, 1.82) is 0 Å². The minimum absolute atomic E-state index is 0.0169. The minimum atomic E-state index is -2.76.